The van der Waals surface area contributed by atoms with Crippen LogP contribution in [-0.4, -0.2) is 49.8 Å². The molecule has 0 heterocycles. The third-order valence-corrected chi connectivity index (χ3v) is 4.41. The van der Waals surface area contributed by atoms with Crippen molar-refractivity contribution in [1.82, 2.24) is 4.90 Å². The van der Waals surface area contributed by atoms with E-state index in [-0.39, 0.29) is 18.3 Å². The molecule has 0 saturated carbocycles. The number of anilines is 1. The lowest BCUT2D eigenvalue weighted by Crippen LogP contribution is -2.30. The molecule has 0 aliphatic heterocycles. The number of rotatable bonds is 10. The van der Waals surface area contributed by atoms with Gasteiger partial charge in [-0.3, -0.25) is 4.79 Å². The molecule has 0 spiro atoms. The summed E-state index contributed by atoms with van der Waals surface area (Å²) in [6.45, 7) is 1.54. The molecule has 6 heteroatoms. The van der Waals surface area contributed by atoms with Gasteiger partial charge in [0.2, 0.25) is 5.91 Å². The molecular formula is C21H27FN2O3. The predicted molar refractivity (Wildman–Crippen MR) is 104 cm³/mol. The van der Waals surface area contributed by atoms with E-state index in [1.54, 1.807) is 31.2 Å². The summed E-state index contributed by atoms with van der Waals surface area (Å²) in [5.74, 6) is 0.516. The van der Waals surface area contributed by atoms with Crippen LogP contribution < -0.4 is 9.64 Å². The Morgan fingerprint density at radius 3 is 2.48 bits per heavy atom. The number of amides is 1. The Kier molecular flexibility index (Phi) is 8.07. The van der Waals surface area contributed by atoms with Gasteiger partial charge in [-0.15, -0.1) is 0 Å². The minimum atomic E-state index is -0.296. The Bertz CT molecular complexity index is 722. The van der Waals surface area contributed by atoms with Crippen LogP contribution in [0.25, 0.3) is 0 Å². The van der Waals surface area contributed by atoms with Crippen LogP contribution in [0.5, 0.6) is 5.75 Å². The number of carbonyl (C=O) groups excluding carboxylic acids is 1. The first-order chi connectivity index (χ1) is 13.0. The first-order valence-electron chi connectivity index (χ1n) is 9.02. The number of aliphatic hydroxyl groups is 1. The first kappa shape index (κ1) is 20.7. The minimum absolute atomic E-state index is 0.000965. The summed E-state index contributed by atoms with van der Waals surface area (Å²) < 4.78 is 18.4. The molecule has 5 nitrogen and oxygen atoms in total. The van der Waals surface area contributed by atoms with Gasteiger partial charge < -0.3 is 19.6 Å². The fraction of sp³-hybridized carbons (Fsp3) is 0.381. The fourth-order valence-electron chi connectivity index (χ4n) is 2.93. The van der Waals surface area contributed by atoms with Crippen LogP contribution in [-0.2, 0) is 11.3 Å². The van der Waals surface area contributed by atoms with Crippen LogP contribution in [0.3, 0.4) is 0 Å². The summed E-state index contributed by atoms with van der Waals surface area (Å²) in [5, 5.41) is 9.26. The third-order valence-electron chi connectivity index (χ3n) is 4.41. The van der Waals surface area contributed by atoms with Gasteiger partial charge >= 0.3 is 0 Å². The molecule has 0 aliphatic carbocycles. The average Bonchev–Trinajstić information content (AvgIpc) is 2.68. The number of aliphatic hydroxyl groups excluding tert-OH is 1. The average molecular weight is 374 g/mol. The quantitative estimate of drug-likeness (QED) is 0.694. The second-order valence-corrected chi connectivity index (χ2v) is 6.35. The van der Waals surface area contributed by atoms with Crippen molar-refractivity contribution in [3.63, 3.8) is 0 Å². The molecular weight excluding hydrogens is 347 g/mol. The largest absolute Gasteiger partial charge is 0.496 e. The highest BCUT2D eigenvalue weighted by Crippen LogP contribution is 2.19. The molecule has 0 aromatic heterocycles. The van der Waals surface area contributed by atoms with Crippen molar-refractivity contribution in [1.29, 1.82) is 0 Å². The van der Waals surface area contributed by atoms with E-state index in [2.05, 4.69) is 0 Å². The number of benzene rings is 2. The summed E-state index contributed by atoms with van der Waals surface area (Å²) in [5.41, 5.74) is 1.80. The molecule has 0 atom stereocenters. The Morgan fingerprint density at radius 2 is 1.81 bits per heavy atom. The molecule has 146 valence electrons. The van der Waals surface area contributed by atoms with Gasteiger partial charge in [-0.25, -0.2) is 4.39 Å². The smallest absolute Gasteiger partial charge is 0.222 e. The van der Waals surface area contributed by atoms with Crippen molar-refractivity contribution in [3.8, 4) is 5.75 Å². The van der Waals surface area contributed by atoms with Crippen molar-refractivity contribution in [3.05, 3.63) is 59.9 Å². The predicted octanol–water partition coefficient (Wildman–Crippen LogP) is 3.07. The maximum atomic E-state index is 13.1. The number of methoxy groups -OCH3 is 1. The number of para-hydroxylation sites is 1. The van der Waals surface area contributed by atoms with Crippen molar-refractivity contribution >= 4 is 11.6 Å². The van der Waals surface area contributed by atoms with E-state index >= 15 is 0 Å². The van der Waals surface area contributed by atoms with Crippen LogP contribution in [0, 0.1) is 5.82 Å². The van der Waals surface area contributed by atoms with Crippen LogP contribution in [0.1, 0.15) is 18.4 Å². The summed E-state index contributed by atoms with van der Waals surface area (Å²) in [4.78, 5) is 16.1. The first-order valence-corrected chi connectivity index (χ1v) is 9.02. The summed E-state index contributed by atoms with van der Waals surface area (Å²) in [7, 11) is 3.39. The highest BCUT2D eigenvalue weighted by Gasteiger charge is 2.13. The number of halogens is 1. The van der Waals surface area contributed by atoms with Gasteiger partial charge in [-0.1, -0.05) is 18.2 Å². The minimum Gasteiger partial charge on any atom is -0.496 e. The lowest BCUT2D eigenvalue weighted by Gasteiger charge is -2.24. The van der Waals surface area contributed by atoms with Crippen LogP contribution in [0.4, 0.5) is 10.1 Å². The lowest BCUT2D eigenvalue weighted by atomic mass is 10.1. The molecule has 2 rings (SSSR count). The Labute approximate surface area is 160 Å². The third kappa shape index (κ3) is 6.25. The number of carbonyl (C=O) groups is 1. The second kappa shape index (κ2) is 10.5. The number of ether oxygens (including phenoxy) is 1. The summed E-state index contributed by atoms with van der Waals surface area (Å²) >= 11 is 0. The maximum absolute atomic E-state index is 13.1. The maximum Gasteiger partial charge on any atom is 0.222 e. The molecule has 0 unspecified atom stereocenters. The van der Waals surface area contributed by atoms with E-state index in [0.29, 0.717) is 32.5 Å². The van der Waals surface area contributed by atoms with Gasteiger partial charge in [0.25, 0.3) is 0 Å². The molecule has 2 aromatic rings. The van der Waals surface area contributed by atoms with E-state index in [4.69, 9.17) is 4.74 Å². The normalized spacial score (nSPS) is 10.5. The van der Waals surface area contributed by atoms with E-state index in [1.165, 1.54) is 12.1 Å². The zero-order valence-electron chi connectivity index (χ0n) is 15.9. The van der Waals surface area contributed by atoms with Gasteiger partial charge in [-0.05, 0) is 36.8 Å². The van der Waals surface area contributed by atoms with Crippen LogP contribution in [0.2, 0.25) is 0 Å². The van der Waals surface area contributed by atoms with E-state index in [1.807, 2.05) is 29.2 Å². The van der Waals surface area contributed by atoms with E-state index in [9.17, 15) is 14.3 Å². The van der Waals surface area contributed by atoms with Gasteiger partial charge in [-0.2, -0.15) is 0 Å². The van der Waals surface area contributed by atoms with E-state index < -0.39 is 0 Å². The van der Waals surface area contributed by atoms with Crippen LogP contribution >= 0.6 is 0 Å². The molecule has 0 bridgehead atoms. The lowest BCUT2D eigenvalue weighted by molar-refractivity contribution is -0.130. The molecule has 0 saturated heterocycles. The Balaban J connectivity index is 1.86. The molecule has 27 heavy (non-hydrogen) atoms. The molecule has 2 aromatic carbocycles. The van der Waals surface area contributed by atoms with Gasteiger partial charge in [0.15, 0.2) is 0 Å². The van der Waals surface area contributed by atoms with Gasteiger partial charge in [0, 0.05) is 44.4 Å². The molecule has 0 aliphatic rings. The van der Waals surface area contributed by atoms with Crippen molar-refractivity contribution in [2.24, 2.45) is 0 Å². The Hall–Kier alpha value is -2.60. The fourth-order valence-corrected chi connectivity index (χ4v) is 2.93. The number of hydrogen-bond acceptors (Lipinski definition) is 4. The summed E-state index contributed by atoms with van der Waals surface area (Å²) in [6, 6.07) is 13.8. The summed E-state index contributed by atoms with van der Waals surface area (Å²) in [6.07, 6.45) is 1.04. The molecule has 1 amide bonds. The highest BCUT2D eigenvalue weighted by molar-refractivity contribution is 5.76. The molecule has 0 fully saturated rings. The standard InChI is InChI=1S/C21H27FN2O3/c1-23(16-17-6-3-4-7-20(17)27-2)21(26)8-5-13-24(14-15-25)19-11-9-18(22)10-12-19/h3-4,6-7,9-12,25H,5,8,13-16H2,1-2H3. The van der Waals surface area contributed by atoms with Gasteiger partial charge in [0.05, 0.1) is 13.7 Å². The van der Waals surface area contributed by atoms with Crippen molar-refractivity contribution in [2.75, 3.05) is 38.8 Å². The SMILES string of the molecule is COc1ccccc1CN(C)C(=O)CCCN(CCO)c1ccc(F)cc1. The molecule has 0 radical (unpaired) electrons. The van der Waals surface area contributed by atoms with Crippen LogP contribution in [0.15, 0.2) is 48.5 Å². The zero-order valence-corrected chi connectivity index (χ0v) is 15.9. The second-order valence-electron chi connectivity index (χ2n) is 6.35. The topological polar surface area (TPSA) is 53.0 Å². The zero-order chi connectivity index (χ0) is 19.6. The van der Waals surface area contributed by atoms with Crippen molar-refractivity contribution < 1.29 is 19.0 Å². The number of hydrogen-bond donors (Lipinski definition) is 1. The molecule has 1 N–H and O–H groups in total. The number of nitrogens with zero attached hydrogens (tertiary/aromatic N) is 2. The monoisotopic (exact) mass is 374 g/mol. The van der Waals surface area contributed by atoms with Gasteiger partial charge in [0.1, 0.15) is 11.6 Å². The highest BCUT2D eigenvalue weighted by atomic mass is 19.1. The van der Waals surface area contributed by atoms with Crippen molar-refractivity contribution in [2.45, 2.75) is 19.4 Å². The Morgan fingerprint density at radius 1 is 1.11 bits per heavy atom. The van der Waals surface area contributed by atoms with E-state index in [0.717, 1.165) is 17.0 Å².